The van der Waals surface area contributed by atoms with E-state index in [9.17, 15) is 14.0 Å². The largest absolute Gasteiger partial charge is 0.349 e. The zero-order chi connectivity index (χ0) is 19.9. The van der Waals surface area contributed by atoms with E-state index >= 15 is 0 Å². The number of nitrogens with zero attached hydrogens (tertiary/aromatic N) is 1. The highest BCUT2D eigenvalue weighted by Crippen LogP contribution is 2.23. The maximum absolute atomic E-state index is 13.0. The van der Waals surface area contributed by atoms with E-state index in [-0.39, 0.29) is 24.1 Å². The molecule has 0 aliphatic heterocycles. The van der Waals surface area contributed by atoms with Crippen LogP contribution in [-0.4, -0.2) is 16.8 Å². The van der Waals surface area contributed by atoms with Crippen LogP contribution in [0.5, 0.6) is 0 Å². The first kappa shape index (κ1) is 19.7. The zero-order valence-electron chi connectivity index (χ0n) is 15.3. The number of benzene rings is 2. The van der Waals surface area contributed by atoms with E-state index in [1.165, 1.54) is 30.4 Å². The van der Waals surface area contributed by atoms with Crippen LogP contribution in [0.4, 0.5) is 9.52 Å². The summed E-state index contributed by atoms with van der Waals surface area (Å²) < 4.78 is 13.0. The van der Waals surface area contributed by atoms with E-state index in [4.69, 9.17) is 0 Å². The molecule has 1 aromatic heterocycles. The predicted octanol–water partition coefficient (Wildman–Crippen LogP) is 4.08. The Morgan fingerprint density at radius 1 is 1.11 bits per heavy atom. The Morgan fingerprint density at radius 2 is 1.82 bits per heavy atom. The van der Waals surface area contributed by atoms with Gasteiger partial charge in [-0.25, -0.2) is 9.37 Å². The Balaban J connectivity index is 1.61. The first-order valence-corrected chi connectivity index (χ1v) is 9.62. The zero-order valence-corrected chi connectivity index (χ0v) is 16.1. The smallest absolute Gasteiger partial charge is 0.228 e. The third kappa shape index (κ3) is 5.72. The van der Waals surface area contributed by atoms with Gasteiger partial charge in [-0.1, -0.05) is 42.5 Å². The monoisotopic (exact) mass is 397 g/mol. The number of thiazole rings is 1. The van der Waals surface area contributed by atoms with Crippen molar-refractivity contribution in [2.24, 2.45) is 0 Å². The van der Waals surface area contributed by atoms with Crippen molar-refractivity contribution >= 4 is 28.3 Å². The molecule has 3 rings (SSSR count). The number of halogens is 1. The Morgan fingerprint density at radius 3 is 2.50 bits per heavy atom. The van der Waals surface area contributed by atoms with Gasteiger partial charge in [-0.15, -0.1) is 11.3 Å². The third-order valence-electron chi connectivity index (χ3n) is 4.06. The van der Waals surface area contributed by atoms with E-state index in [1.807, 2.05) is 30.3 Å². The van der Waals surface area contributed by atoms with Gasteiger partial charge < -0.3 is 10.6 Å². The molecule has 0 saturated heterocycles. The second-order valence-corrected chi connectivity index (χ2v) is 7.47. The van der Waals surface area contributed by atoms with Crippen LogP contribution in [0.25, 0.3) is 0 Å². The standard InChI is InChI=1S/C21H20FN3O2S/c1-14(26)24-19(16-5-3-2-4-6-16)12-20(27)25-21-23-13-18(28-21)11-15-7-9-17(22)10-8-15/h2-10,13,19H,11-12H2,1H3,(H,24,26)(H,23,25,27)/t19-/m0/s1. The Bertz CT molecular complexity index is 942. The summed E-state index contributed by atoms with van der Waals surface area (Å²) in [4.78, 5) is 29.1. The van der Waals surface area contributed by atoms with Crippen LogP contribution in [0.2, 0.25) is 0 Å². The van der Waals surface area contributed by atoms with E-state index in [2.05, 4.69) is 15.6 Å². The summed E-state index contributed by atoms with van der Waals surface area (Å²) in [5.41, 5.74) is 1.83. The highest BCUT2D eigenvalue weighted by molar-refractivity contribution is 7.15. The van der Waals surface area contributed by atoms with E-state index < -0.39 is 6.04 Å². The van der Waals surface area contributed by atoms with Crippen LogP contribution in [0.1, 0.15) is 35.4 Å². The molecule has 2 aromatic carbocycles. The highest BCUT2D eigenvalue weighted by atomic mass is 32.1. The van der Waals surface area contributed by atoms with Gasteiger partial charge in [0.05, 0.1) is 12.5 Å². The average Bonchev–Trinajstić information content (AvgIpc) is 3.10. The van der Waals surface area contributed by atoms with Gasteiger partial charge in [-0.2, -0.15) is 0 Å². The molecule has 1 atom stereocenters. The fraction of sp³-hybridized carbons (Fsp3) is 0.190. The van der Waals surface area contributed by atoms with Crippen LogP contribution in [0.3, 0.4) is 0 Å². The molecule has 0 aliphatic rings. The second-order valence-electron chi connectivity index (χ2n) is 6.35. The first-order valence-electron chi connectivity index (χ1n) is 8.80. The number of amides is 2. The fourth-order valence-electron chi connectivity index (χ4n) is 2.79. The van der Waals surface area contributed by atoms with Crippen LogP contribution < -0.4 is 10.6 Å². The molecular weight excluding hydrogens is 377 g/mol. The quantitative estimate of drug-likeness (QED) is 0.631. The van der Waals surface area contributed by atoms with Gasteiger partial charge in [-0.3, -0.25) is 9.59 Å². The summed E-state index contributed by atoms with van der Waals surface area (Å²) >= 11 is 1.37. The molecule has 0 radical (unpaired) electrons. The van der Waals surface area contributed by atoms with Crippen molar-refractivity contribution in [3.05, 3.63) is 82.6 Å². The summed E-state index contributed by atoms with van der Waals surface area (Å²) in [5, 5.41) is 6.09. The van der Waals surface area contributed by atoms with E-state index in [1.54, 1.807) is 18.3 Å². The molecule has 144 valence electrons. The van der Waals surface area contributed by atoms with Crippen molar-refractivity contribution in [1.29, 1.82) is 0 Å². The van der Waals surface area contributed by atoms with Gasteiger partial charge in [0.15, 0.2) is 5.13 Å². The molecular formula is C21H20FN3O2S. The molecule has 2 amide bonds. The van der Waals surface area contributed by atoms with Crippen LogP contribution in [0.15, 0.2) is 60.8 Å². The van der Waals surface area contributed by atoms with Crippen molar-refractivity contribution in [2.45, 2.75) is 25.8 Å². The van der Waals surface area contributed by atoms with Gasteiger partial charge in [0, 0.05) is 24.4 Å². The lowest BCUT2D eigenvalue weighted by atomic mass is 10.0. The lowest BCUT2D eigenvalue weighted by molar-refractivity contribution is -0.120. The maximum atomic E-state index is 13.0. The first-order chi connectivity index (χ1) is 13.5. The SMILES string of the molecule is CC(=O)N[C@@H](CC(=O)Nc1ncc(Cc2ccc(F)cc2)s1)c1ccccc1. The lowest BCUT2D eigenvalue weighted by Gasteiger charge is -2.17. The molecule has 0 saturated carbocycles. The summed E-state index contributed by atoms with van der Waals surface area (Å²) in [5.74, 6) is -0.698. The number of nitrogens with one attached hydrogen (secondary N) is 2. The number of carbonyl (C=O) groups is 2. The lowest BCUT2D eigenvalue weighted by Crippen LogP contribution is -2.29. The summed E-state index contributed by atoms with van der Waals surface area (Å²) in [6.45, 7) is 1.43. The Hall–Kier alpha value is -3.06. The number of hydrogen-bond donors (Lipinski definition) is 2. The summed E-state index contributed by atoms with van der Waals surface area (Å²) in [6.07, 6.45) is 2.43. The van der Waals surface area contributed by atoms with E-state index in [0.29, 0.717) is 11.6 Å². The molecule has 5 nitrogen and oxygen atoms in total. The fourth-order valence-corrected chi connectivity index (χ4v) is 3.65. The average molecular weight is 397 g/mol. The number of carbonyl (C=O) groups excluding carboxylic acids is 2. The van der Waals surface area contributed by atoms with Crippen molar-refractivity contribution in [3.8, 4) is 0 Å². The minimum absolute atomic E-state index is 0.108. The maximum Gasteiger partial charge on any atom is 0.228 e. The predicted molar refractivity (Wildman–Crippen MR) is 108 cm³/mol. The number of anilines is 1. The van der Waals surface area contributed by atoms with Crippen molar-refractivity contribution < 1.29 is 14.0 Å². The number of aromatic nitrogens is 1. The van der Waals surface area contributed by atoms with E-state index in [0.717, 1.165) is 16.0 Å². The molecule has 0 unspecified atom stereocenters. The van der Waals surface area contributed by atoms with Crippen molar-refractivity contribution in [1.82, 2.24) is 10.3 Å². The highest BCUT2D eigenvalue weighted by Gasteiger charge is 2.18. The molecule has 1 heterocycles. The van der Waals surface area contributed by atoms with Crippen molar-refractivity contribution in [3.63, 3.8) is 0 Å². The van der Waals surface area contributed by atoms with Gasteiger partial charge in [0.25, 0.3) is 0 Å². The van der Waals surface area contributed by atoms with Crippen LogP contribution in [-0.2, 0) is 16.0 Å². The number of hydrogen-bond acceptors (Lipinski definition) is 4. The Kier molecular flexibility index (Phi) is 6.49. The minimum atomic E-state index is -0.405. The molecule has 0 bridgehead atoms. The van der Waals surface area contributed by atoms with Crippen molar-refractivity contribution in [2.75, 3.05) is 5.32 Å². The van der Waals surface area contributed by atoms with Gasteiger partial charge in [0.2, 0.25) is 11.8 Å². The molecule has 0 spiro atoms. The van der Waals surface area contributed by atoms with Gasteiger partial charge >= 0.3 is 0 Å². The molecule has 28 heavy (non-hydrogen) atoms. The number of rotatable bonds is 7. The molecule has 7 heteroatoms. The summed E-state index contributed by atoms with van der Waals surface area (Å²) in [6, 6.07) is 15.3. The molecule has 2 N–H and O–H groups in total. The molecule has 0 fully saturated rings. The minimum Gasteiger partial charge on any atom is -0.349 e. The van der Waals surface area contributed by atoms with Gasteiger partial charge in [0.1, 0.15) is 5.82 Å². The van der Waals surface area contributed by atoms with Gasteiger partial charge in [-0.05, 0) is 23.3 Å². The third-order valence-corrected chi connectivity index (χ3v) is 4.97. The normalized spacial score (nSPS) is 11.6. The van der Waals surface area contributed by atoms with Crippen LogP contribution >= 0.6 is 11.3 Å². The topological polar surface area (TPSA) is 71.1 Å². The molecule has 3 aromatic rings. The molecule has 0 aliphatic carbocycles. The second kappa shape index (κ2) is 9.23. The summed E-state index contributed by atoms with van der Waals surface area (Å²) in [7, 11) is 0. The Labute approximate surface area is 166 Å². The van der Waals surface area contributed by atoms with Crippen LogP contribution in [0, 0.1) is 5.82 Å².